The van der Waals surface area contributed by atoms with Gasteiger partial charge >= 0.3 is 0 Å². The first-order chi connectivity index (χ1) is 12.1. The van der Waals surface area contributed by atoms with Crippen LogP contribution >= 0.6 is 24.0 Å². The number of nitrogens with one attached hydrogen (secondary N) is 1. The molecule has 0 saturated carbocycles. The highest BCUT2D eigenvalue weighted by molar-refractivity contribution is 8.26. The fourth-order valence-electron chi connectivity index (χ4n) is 2.98. The molecular formula is C18H17N3O2S2. The highest BCUT2D eigenvalue weighted by atomic mass is 32.2. The number of thiocarbonyl (C=S) groups is 1. The van der Waals surface area contributed by atoms with Crippen LogP contribution in [0.3, 0.4) is 0 Å². The molecule has 3 heterocycles. The normalized spacial score (nSPS) is 19.7. The second-order valence-corrected chi connectivity index (χ2v) is 7.77. The number of ether oxygens (including phenoxy) is 1. The number of hydrogen-bond acceptors (Lipinski definition) is 6. The molecule has 0 radical (unpaired) electrons. The number of rotatable bonds is 2. The van der Waals surface area contributed by atoms with E-state index in [-0.39, 0.29) is 5.91 Å². The lowest BCUT2D eigenvalue weighted by Gasteiger charge is -2.29. The van der Waals surface area contributed by atoms with Crippen LogP contribution in [0.5, 0.6) is 0 Å². The molecule has 4 rings (SSSR count). The third-order valence-corrected chi connectivity index (χ3v) is 5.38. The summed E-state index contributed by atoms with van der Waals surface area (Å²) < 4.78 is 5.96. The van der Waals surface area contributed by atoms with Gasteiger partial charge in [-0.15, -0.1) is 0 Å². The Kier molecular flexibility index (Phi) is 4.45. The molecule has 128 valence electrons. The Balaban J connectivity index is 1.85. The maximum Gasteiger partial charge on any atom is 0.263 e. The molecule has 0 unspecified atom stereocenters. The summed E-state index contributed by atoms with van der Waals surface area (Å²) in [5.41, 5.74) is 3.07. The number of benzene rings is 1. The van der Waals surface area contributed by atoms with E-state index < -0.39 is 0 Å². The number of nitrogens with zero attached hydrogens (tertiary/aromatic N) is 2. The van der Waals surface area contributed by atoms with Crippen LogP contribution in [0, 0.1) is 6.92 Å². The van der Waals surface area contributed by atoms with Crippen molar-refractivity contribution in [2.24, 2.45) is 0 Å². The average Bonchev–Trinajstić information content (AvgIpc) is 2.92. The molecule has 2 aliphatic heterocycles. The molecule has 0 spiro atoms. The summed E-state index contributed by atoms with van der Waals surface area (Å²) in [6, 6.07) is 8.31. The van der Waals surface area contributed by atoms with E-state index in [9.17, 15) is 4.79 Å². The number of aromatic nitrogens is 1. The lowest BCUT2D eigenvalue weighted by molar-refractivity contribution is -0.115. The lowest BCUT2D eigenvalue weighted by Crippen LogP contribution is -2.37. The van der Waals surface area contributed by atoms with Crippen LogP contribution in [0.15, 0.2) is 29.2 Å². The predicted molar refractivity (Wildman–Crippen MR) is 106 cm³/mol. The number of anilines is 1. The quantitative estimate of drug-likeness (QED) is 0.647. The van der Waals surface area contributed by atoms with Crippen molar-refractivity contribution in [2.45, 2.75) is 6.92 Å². The zero-order valence-corrected chi connectivity index (χ0v) is 15.4. The second-order valence-electron chi connectivity index (χ2n) is 6.05. The highest BCUT2D eigenvalue weighted by Gasteiger charge is 2.24. The van der Waals surface area contributed by atoms with Crippen LogP contribution in [-0.2, 0) is 9.53 Å². The summed E-state index contributed by atoms with van der Waals surface area (Å²) >= 11 is 6.38. The lowest BCUT2D eigenvalue weighted by atomic mass is 10.1. The number of carbonyl (C=O) groups is 1. The van der Waals surface area contributed by atoms with Gasteiger partial charge in [0.15, 0.2) is 0 Å². The van der Waals surface area contributed by atoms with Crippen LogP contribution in [0.1, 0.15) is 11.1 Å². The third kappa shape index (κ3) is 3.40. The maximum absolute atomic E-state index is 12.0. The van der Waals surface area contributed by atoms with E-state index in [0.717, 1.165) is 35.4 Å². The summed E-state index contributed by atoms with van der Waals surface area (Å²) in [6.45, 7) is 5.01. The zero-order chi connectivity index (χ0) is 17.4. The van der Waals surface area contributed by atoms with Crippen molar-refractivity contribution < 1.29 is 9.53 Å². The summed E-state index contributed by atoms with van der Waals surface area (Å²) in [5, 5.41) is 3.72. The minimum absolute atomic E-state index is 0.146. The Hall–Kier alpha value is -1.96. The van der Waals surface area contributed by atoms with Gasteiger partial charge in [-0.1, -0.05) is 36.1 Å². The molecule has 5 nitrogen and oxygen atoms in total. The number of thioether (sulfide) groups is 1. The third-order valence-electron chi connectivity index (χ3n) is 4.22. The number of fused-ring (bicyclic) bond motifs is 1. The fourth-order valence-corrected chi connectivity index (χ4v) is 4.02. The van der Waals surface area contributed by atoms with Gasteiger partial charge in [0.05, 0.1) is 23.6 Å². The second kappa shape index (κ2) is 6.74. The molecule has 2 saturated heterocycles. The Labute approximate surface area is 155 Å². The van der Waals surface area contributed by atoms with Gasteiger partial charge in [-0.3, -0.25) is 4.79 Å². The fraction of sp³-hybridized carbons (Fsp3) is 0.278. The molecule has 1 aromatic carbocycles. The molecule has 25 heavy (non-hydrogen) atoms. The average molecular weight is 371 g/mol. The van der Waals surface area contributed by atoms with Gasteiger partial charge in [0, 0.05) is 24.0 Å². The van der Waals surface area contributed by atoms with E-state index in [1.54, 1.807) is 0 Å². The van der Waals surface area contributed by atoms with Gasteiger partial charge in [-0.05, 0) is 30.7 Å². The number of carbonyl (C=O) groups excluding carboxylic acids is 1. The van der Waals surface area contributed by atoms with Crippen molar-refractivity contribution in [3.05, 3.63) is 40.3 Å². The minimum Gasteiger partial charge on any atom is -0.378 e. The van der Waals surface area contributed by atoms with Gasteiger partial charge in [-0.25, -0.2) is 4.98 Å². The van der Waals surface area contributed by atoms with Crippen LogP contribution in [0.2, 0.25) is 0 Å². The van der Waals surface area contributed by atoms with Gasteiger partial charge in [-0.2, -0.15) is 0 Å². The van der Waals surface area contributed by atoms with E-state index in [2.05, 4.69) is 41.4 Å². The van der Waals surface area contributed by atoms with Crippen LogP contribution in [0.25, 0.3) is 17.0 Å². The molecule has 0 aliphatic carbocycles. The largest absolute Gasteiger partial charge is 0.378 e. The Morgan fingerprint density at radius 1 is 1.32 bits per heavy atom. The monoisotopic (exact) mass is 371 g/mol. The van der Waals surface area contributed by atoms with Crippen molar-refractivity contribution in [1.82, 2.24) is 10.3 Å². The molecule has 7 heteroatoms. The predicted octanol–water partition coefficient (Wildman–Crippen LogP) is 2.87. The summed E-state index contributed by atoms with van der Waals surface area (Å²) in [5.74, 6) is 0.743. The van der Waals surface area contributed by atoms with Crippen LogP contribution in [-0.4, -0.2) is 41.5 Å². The van der Waals surface area contributed by atoms with Crippen molar-refractivity contribution >= 4 is 57.0 Å². The summed E-state index contributed by atoms with van der Waals surface area (Å²) in [6.07, 6.45) is 1.89. The standard InChI is InChI=1S/C18H17N3O2S2/c1-11-2-3-12-9-13(10-15-17(22)20-18(24)25-15)16(19-14(12)8-11)21-4-6-23-7-5-21/h2-3,8-10H,4-7H2,1H3,(H,20,22,24)/b15-10+. The number of aryl methyl sites for hydroxylation is 1. The first kappa shape index (κ1) is 16.5. The van der Waals surface area contributed by atoms with E-state index in [1.807, 2.05) is 6.08 Å². The molecule has 2 fully saturated rings. The molecule has 2 aliphatic rings. The van der Waals surface area contributed by atoms with Crippen molar-refractivity contribution in [3.8, 4) is 0 Å². The zero-order valence-electron chi connectivity index (χ0n) is 13.7. The number of hydrogen-bond donors (Lipinski definition) is 1. The Morgan fingerprint density at radius 3 is 2.84 bits per heavy atom. The Bertz CT molecular complexity index is 905. The summed E-state index contributed by atoms with van der Waals surface area (Å²) in [7, 11) is 0. The molecule has 0 bridgehead atoms. The maximum atomic E-state index is 12.0. The first-order valence-electron chi connectivity index (χ1n) is 8.09. The minimum atomic E-state index is -0.146. The molecule has 0 atom stereocenters. The highest BCUT2D eigenvalue weighted by Crippen LogP contribution is 2.31. The number of morpholine rings is 1. The van der Waals surface area contributed by atoms with Gasteiger partial charge in [0.1, 0.15) is 10.1 Å². The van der Waals surface area contributed by atoms with E-state index in [1.165, 1.54) is 17.3 Å². The van der Waals surface area contributed by atoms with Crippen molar-refractivity contribution in [3.63, 3.8) is 0 Å². The van der Waals surface area contributed by atoms with Gasteiger partial charge < -0.3 is 15.0 Å². The van der Waals surface area contributed by atoms with Crippen molar-refractivity contribution in [2.75, 3.05) is 31.2 Å². The smallest absolute Gasteiger partial charge is 0.263 e. The number of amides is 1. The topological polar surface area (TPSA) is 54.5 Å². The molecule has 1 amide bonds. The first-order valence-corrected chi connectivity index (χ1v) is 9.31. The van der Waals surface area contributed by atoms with Gasteiger partial charge in [0.2, 0.25) is 0 Å². The molecular weight excluding hydrogens is 354 g/mol. The number of pyridine rings is 1. The van der Waals surface area contributed by atoms with Crippen LogP contribution in [0.4, 0.5) is 5.82 Å². The van der Waals surface area contributed by atoms with E-state index >= 15 is 0 Å². The molecule has 2 aromatic rings. The van der Waals surface area contributed by atoms with E-state index in [4.69, 9.17) is 21.9 Å². The molecule has 1 aromatic heterocycles. The van der Waals surface area contributed by atoms with E-state index in [0.29, 0.717) is 22.4 Å². The summed E-state index contributed by atoms with van der Waals surface area (Å²) in [4.78, 5) is 19.8. The van der Waals surface area contributed by atoms with Gasteiger partial charge in [0.25, 0.3) is 5.91 Å². The Morgan fingerprint density at radius 2 is 2.12 bits per heavy atom. The van der Waals surface area contributed by atoms with Crippen molar-refractivity contribution in [1.29, 1.82) is 0 Å². The SMILES string of the molecule is Cc1ccc2cc(/C=C3/SC(=S)NC3=O)c(N3CCOCC3)nc2c1. The molecule has 1 N–H and O–H groups in total. The van der Waals surface area contributed by atoms with Crippen LogP contribution < -0.4 is 10.2 Å².